The molecule has 1 heterocycles. The first kappa shape index (κ1) is 20.9. The van der Waals surface area contributed by atoms with Gasteiger partial charge in [-0.25, -0.2) is 9.37 Å². The van der Waals surface area contributed by atoms with Gasteiger partial charge in [-0.15, -0.1) is 0 Å². The highest BCUT2D eigenvalue weighted by atomic mass is 127. The van der Waals surface area contributed by atoms with Gasteiger partial charge in [0, 0.05) is 23.8 Å². The van der Waals surface area contributed by atoms with Gasteiger partial charge in [0.15, 0.2) is 0 Å². The Kier molecular flexibility index (Phi) is 5.58. The predicted molar refractivity (Wildman–Crippen MR) is 90.3 cm³/mol. The minimum absolute atomic E-state index is 0.0394. The highest BCUT2D eigenvalue weighted by Gasteiger charge is 2.74. The van der Waals surface area contributed by atoms with Crippen LogP contribution in [0.2, 0.25) is 5.15 Å². The molecule has 2 rings (SSSR count). The highest BCUT2D eigenvalue weighted by molar-refractivity contribution is 14.1. The van der Waals surface area contributed by atoms with Crippen LogP contribution in [-0.4, -0.2) is 23.0 Å². The molecule has 1 unspecified atom stereocenters. The number of pyridine rings is 1. The van der Waals surface area contributed by atoms with Crippen molar-refractivity contribution in [2.45, 2.75) is 22.3 Å². The zero-order valence-electron chi connectivity index (χ0n) is 11.7. The molecule has 11 heteroatoms. The average Bonchev–Trinajstić information content (AvgIpc) is 2.43. The van der Waals surface area contributed by atoms with Gasteiger partial charge in [-0.3, -0.25) is 0 Å². The van der Waals surface area contributed by atoms with Crippen molar-refractivity contribution in [2.24, 2.45) is 0 Å². The minimum atomic E-state index is -6.20. The fraction of sp³-hybridized carbons (Fsp3) is 0.286. The zero-order valence-corrected chi connectivity index (χ0v) is 16.2. The van der Waals surface area contributed by atoms with E-state index in [1.807, 2.05) is 0 Å². The third kappa shape index (κ3) is 3.71. The van der Waals surface area contributed by atoms with Crippen LogP contribution in [0.3, 0.4) is 0 Å². The van der Waals surface area contributed by atoms with E-state index in [0.29, 0.717) is 12.2 Å². The van der Waals surface area contributed by atoms with Crippen molar-refractivity contribution in [2.75, 3.05) is 0 Å². The first-order chi connectivity index (χ1) is 11.2. The lowest BCUT2D eigenvalue weighted by Gasteiger charge is -2.36. The van der Waals surface area contributed by atoms with Crippen molar-refractivity contribution in [3.63, 3.8) is 0 Å². The average molecular weight is 563 g/mol. The molecule has 1 aliphatic carbocycles. The standard InChI is InChI=1S/C14H6BrClF7IN/c15-11(9-2-1-3-25-10(9)16)5-7(4-8(24)6-11)12(17,13(18,19)20)14(21,22)23/h1-6H. The first-order valence-electron chi connectivity index (χ1n) is 6.31. The topological polar surface area (TPSA) is 12.9 Å². The Bertz CT molecular complexity index is 729. The number of hydrogen-bond acceptors (Lipinski definition) is 1. The van der Waals surface area contributed by atoms with Crippen LogP contribution < -0.4 is 0 Å². The van der Waals surface area contributed by atoms with Crippen molar-refractivity contribution in [3.05, 3.63) is 56.8 Å². The molecular formula is C14H6BrClF7IN. The van der Waals surface area contributed by atoms with Gasteiger partial charge in [-0.2, -0.15) is 26.3 Å². The summed E-state index contributed by atoms with van der Waals surface area (Å²) in [6, 6.07) is 2.75. The van der Waals surface area contributed by atoms with Gasteiger partial charge >= 0.3 is 18.0 Å². The SMILES string of the molecule is FC(F)(F)C(F)(C1=CC(Br)(c2cccnc2Cl)[CH]C(I)=C1)C(F)(F)F. The van der Waals surface area contributed by atoms with Gasteiger partial charge in [-0.05, 0) is 38.3 Å². The van der Waals surface area contributed by atoms with Gasteiger partial charge in [0.2, 0.25) is 0 Å². The van der Waals surface area contributed by atoms with Crippen LogP contribution in [0.15, 0.2) is 39.6 Å². The maximum Gasteiger partial charge on any atom is 0.435 e. The normalized spacial score (nSPS) is 22.5. The molecule has 0 aliphatic heterocycles. The Morgan fingerprint density at radius 3 is 2.12 bits per heavy atom. The summed E-state index contributed by atoms with van der Waals surface area (Å²) in [4.78, 5) is 3.74. The second kappa shape index (κ2) is 6.66. The molecule has 1 aromatic rings. The predicted octanol–water partition coefficient (Wildman–Crippen LogP) is 6.62. The van der Waals surface area contributed by atoms with E-state index in [2.05, 4.69) is 20.9 Å². The summed E-state index contributed by atoms with van der Waals surface area (Å²) in [5.41, 5.74) is -7.04. The van der Waals surface area contributed by atoms with E-state index in [0.717, 1.165) is 0 Å². The van der Waals surface area contributed by atoms with E-state index in [-0.39, 0.29) is 14.3 Å². The van der Waals surface area contributed by atoms with Crippen LogP contribution in [-0.2, 0) is 4.32 Å². The molecule has 0 N–H and O–H groups in total. The van der Waals surface area contributed by atoms with Gasteiger partial charge in [-0.1, -0.05) is 39.7 Å². The Morgan fingerprint density at radius 2 is 1.64 bits per heavy atom. The number of rotatable bonds is 2. The molecule has 0 saturated carbocycles. The molecule has 0 fully saturated rings. The van der Waals surface area contributed by atoms with Crippen LogP contribution >= 0.6 is 50.1 Å². The number of hydrogen-bond donors (Lipinski definition) is 0. The molecule has 1 aromatic heterocycles. The third-order valence-electron chi connectivity index (χ3n) is 3.36. The molecule has 0 aromatic carbocycles. The summed E-state index contributed by atoms with van der Waals surface area (Å²) in [5.74, 6) is 0. The highest BCUT2D eigenvalue weighted by Crippen LogP contribution is 2.55. The van der Waals surface area contributed by atoms with Gasteiger partial charge in [0.1, 0.15) is 5.15 Å². The van der Waals surface area contributed by atoms with Crippen LogP contribution in [0.4, 0.5) is 30.7 Å². The van der Waals surface area contributed by atoms with E-state index in [9.17, 15) is 30.7 Å². The van der Waals surface area contributed by atoms with Crippen LogP contribution in [0.1, 0.15) is 5.56 Å². The van der Waals surface area contributed by atoms with Gasteiger partial charge in [0.25, 0.3) is 0 Å². The van der Waals surface area contributed by atoms with Crippen molar-refractivity contribution in [1.82, 2.24) is 4.98 Å². The molecule has 0 bridgehead atoms. The van der Waals surface area contributed by atoms with E-state index >= 15 is 0 Å². The molecule has 1 atom stereocenters. The van der Waals surface area contributed by atoms with Crippen molar-refractivity contribution in [1.29, 1.82) is 0 Å². The third-order valence-corrected chi connectivity index (χ3v) is 5.17. The molecule has 25 heavy (non-hydrogen) atoms. The summed E-state index contributed by atoms with van der Waals surface area (Å²) in [6.45, 7) is 0. The van der Waals surface area contributed by atoms with E-state index in [4.69, 9.17) is 11.6 Å². The molecular weight excluding hydrogens is 557 g/mol. The Balaban J connectivity index is 2.71. The number of allylic oxidation sites excluding steroid dienone is 4. The lowest BCUT2D eigenvalue weighted by Crippen LogP contribution is -2.55. The second-order valence-electron chi connectivity index (χ2n) is 5.04. The minimum Gasteiger partial charge on any atom is -0.244 e. The Morgan fingerprint density at radius 1 is 1.08 bits per heavy atom. The van der Waals surface area contributed by atoms with Crippen molar-refractivity contribution < 1.29 is 30.7 Å². The number of aromatic nitrogens is 1. The van der Waals surface area contributed by atoms with Crippen LogP contribution in [0.25, 0.3) is 0 Å². The summed E-state index contributed by atoms with van der Waals surface area (Å²) in [5, 5.41) is -0.152. The number of alkyl halides is 8. The Labute approximate surface area is 164 Å². The van der Waals surface area contributed by atoms with Crippen LogP contribution in [0, 0.1) is 6.42 Å². The smallest absolute Gasteiger partial charge is 0.244 e. The molecule has 137 valence electrons. The summed E-state index contributed by atoms with van der Waals surface area (Å²) in [7, 11) is 0. The molecule has 1 nitrogen and oxygen atoms in total. The zero-order chi connectivity index (χ0) is 19.3. The first-order valence-corrected chi connectivity index (χ1v) is 8.56. The van der Waals surface area contributed by atoms with Crippen molar-refractivity contribution in [3.8, 4) is 0 Å². The molecule has 0 saturated heterocycles. The second-order valence-corrected chi connectivity index (χ2v) is 7.95. The van der Waals surface area contributed by atoms with E-state index in [1.165, 1.54) is 47.3 Å². The summed E-state index contributed by atoms with van der Waals surface area (Å²) in [6.07, 6.45) is -8.82. The van der Waals surface area contributed by atoms with Crippen molar-refractivity contribution >= 4 is 50.1 Å². The largest absolute Gasteiger partial charge is 0.435 e. The fourth-order valence-electron chi connectivity index (χ4n) is 2.21. The van der Waals surface area contributed by atoms with E-state index < -0.39 is 27.9 Å². The van der Waals surface area contributed by atoms with Crippen LogP contribution in [0.5, 0.6) is 0 Å². The lowest BCUT2D eigenvalue weighted by atomic mass is 9.83. The summed E-state index contributed by atoms with van der Waals surface area (Å²) < 4.78 is 90.7. The Hall–Kier alpha value is -0.360. The van der Waals surface area contributed by atoms with Gasteiger partial charge < -0.3 is 0 Å². The number of halogens is 10. The molecule has 1 radical (unpaired) electrons. The quantitative estimate of drug-likeness (QED) is 0.171. The monoisotopic (exact) mass is 562 g/mol. The summed E-state index contributed by atoms with van der Waals surface area (Å²) >= 11 is 10.4. The lowest BCUT2D eigenvalue weighted by molar-refractivity contribution is -0.325. The maximum absolute atomic E-state index is 14.4. The number of nitrogens with zero attached hydrogens (tertiary/aromatic N) is 1. The fourth-order valence-corrected chi connectivity index (χ4v) is 4.67. The molecule has 1 aliphatic rings. The maximum atomic E-state index is 14.4. The van der Waals surface area contributed by atoms with E-state index in [1.54, 1.807) is 0 Å². The molecule has 0 spiro atoms. The van der Waals surface area contributed by atoms with Gasteiger partial charge in [0.05, 0.1) is 4.32 Å². The molecule has 0 amide bonds.